The lowest BCUT2D eigenvalue weighted by Crippen LogP contribution is -2.25. The van der Waals surface area contributed by atoms with Gasteiger partial charge in [-0.25, -0.2) is 0 Å². The van der Waals surface area contributed by atoms with Crippen LogP contribution < -0.4 is 10.1 Å². The fraction of sp³-hybridized carbons (Fsp3) is 0.278. The summed E-state index contributed by atoms with van der Waals surface area (Å²) in [5, 5.41) is 3.63. The number of carbonyl (C=O) groups excluding carboxylic acids is 1. The Balaban J connectivity index is 2.21. The number of hydrogen-bond acceptors (Lipinski definition) is 2. The Bertz CT molecular complexity index is 638. The molecule has 0 aliphatic carbocycles. The molecule has 1 N–H and O–H groups in total. The average Bonchev–Trinajstić information content (AvgIpc) is 2.49. The van der Waals surface area contributed by atoms with E-state index in [2.05, 4.69) is 5.32 Å². The first-order chi connectivity index (χ1) is 10.5. The van der Waals surface area contributed by atoms with Crippen LogP contribution in [-0.2, 0) is 4.79 Å². The highest BCUT2D eigenvalue weighted by molar-refractivity contribution is 6.30. The summed E-state index contributed by atoms with van der Waals surface area (Å²) >= 11 is 5.92. The van der Waals surface area contributed by atoms with Gasteiger partial charge in [0.05, 0.1) is 13.0 Å². The number of carbonyl (C=O) groups is 1. The normalized spacial score (nSPS) is 12.0. The number of anilines is 1. The number of nitrogens with one attached hydrogen (secondary N) is 1. The minimum Gasteiger partial charge on any atom is -0.497 e. The molecule has 1 atom stereocenters. The third-order valence-corrected chi connectivity index (χ3v) is 3.77. The topological polar surface area (TPSA) is 38.3 Å². The minimum absolute atomic E-state index is 0.0365. The van der Waals surface area contributed by atoms with Gasteiger partial charge in [-0.2, -0.15) is 0 Å². The molecule has 4 heteroatoms. The second-order valence-corrected chi connectivity index (χ2v) is 5.93. The van der Waals surface area contributed by atoms with Gasteiger partial charge in [-0.3, -0.25) is 4.79 Å². The van der Waals surface area contributed by atoms with E-state index in [0.29, 0.717) is 10.8 Å². The first-order valence-corrected chi connectivity index (χ1v) is 7.59. The molecule has 0 spiro atoms. The van der Waals surface area contributed by atoms with Crippen LogP contribution in [0.3, 0.4) is 0 Å². The van der Waals surface area contributed by atoms with Crippen molar-refractivity contribution in [2.45, 2.75) is 19.8 Å². The molecule has 0 saturated carbocycles. The molecule has 116 valence electrons. The summed E-state index contributed by atoms with van der Waals surface area (Å²) in [5.74, 6) is 0.617. The monoisotopic (exact) mass is 317 g/mol. The van der Waals surface area contributed by atoms with Crippen LogP contribution >= 0.6 is 11.6 Å². The maximum Gasteiger partial charge on any atom is 0.232 e. The summed E-state index contributed by atoms with van der Waals surface area (Å²) in [6, 6.07) is 14.8. The first kappa shape index (κ1) is 16.4. The fourth-order valence-corrected chi connectivity index (χ4v) is 2.56. The van der Waals surface area contributed by atoms with Crippen LogP contribution in [0.15, 0.2) is 48.5 Å². The van der Waals surface area contributed by atoms with Crippen LogP contribution in [0.25, 0.3) is 0 Å². The molecule has 0 aliphatic heterocycles. The molecule has 0 fully saturated rings. The van der Waals surface area contributed by atoms with Crippen molar-refractivity contribution in [3.8, 4) is 5.75 Å². The number of rotatable bonds is 5. The van der Waals surface area contributed by atoms with Gasteiger partial charge in [0.25, 0.3) is 0 Å². The van der Waals surface area contributed by atoms with Crippen LogP contribution in [0.5, 0.6) is 5.75 Å². The van der Waals surface area contributed by atoms with Crippen LogP contribution in [0.1, 0.15) is 25.3 Å². The van der Waals surface area contributed by atoms with E-state index < -0.39 is 0 Å². The van der Waals surface area contributed by atoms with Gasteiger partial charge < -0.3 is 10.1 Å². The maximum absolute atomic E-state index is 12.7. The van der Waals surface area contributed by atoms with E-state index >= 15 is 0 Å². The molecule has 0 radical (unpaired) electrons. The zero-order valence-corrected chi connectivity index (χ0v) is 13.7. The lowest BCUT2D eigenvalue weighted by molar-refractivity contribution is -0.118. The predicted molar refractivity (Wildman–Crippen MR) is 90.7 cm³/mol. The number of methoxy groups -OCH3 is 1. The quantitative estimate of drug-likeness (QED) is 0.866. The van der Waals surface area contributed by atoms with Crippen LogP contribution in [0.2, 0.25) is 5.02 Å². The molecule has 2 aromatic carbocycles. The summed E-state index contributed by atoms with van der Waals surface area (Å²) < 4.78 is 5.18. The van der Waals surface area contributed by atoms with Gasteiger partial charge in [-0.05, 0) is 35.7 Å². The third kappa shape index (κ3) is 4.01. The number of halogens is 1. The Kier molecular flexibility index (Phi) is 5.45. The smallest absolute Gasteiger partial charge is 0.232 e. The van der Waals surface area contributed by atoms with E-state index in [1.807, 2.05) is 56.3 Å². The van der Waals surface area contributed by atoms with Crippen molar-refractivity contribution in [1.82, 2.24) is 0 Å². The molecule has 2 aromatic rings. The zero-order chi connectivity index (χ0) is 16.1. The van der Waals surface area contributed by atoms with Crippen LogP contribution in [0.4, 0.5) is 5.69 Å². The summed E-state index contributed by atoms with van der Waals surface area (Å²) in [7, 11) is 1.60. The van der Waals surface area contributed by atoms with Crippen LogP contribution in [0, 0.1) is 5.92 Å². The van der Waals surface area contributed by atoms with Crippen molar-refractivity contribution >= 4 is 23.2 Å². The summed E-state index contributed by atoms with van der Waals surface area (Å²) in [4.78, 5) is 12.7. The summed E-state index contributed by atoms with van der Waals surface area (Å²) in [5.41, 5.74) is 1.68. The second kappa shape index (κ2) is 7.32. The molecule has 3 nitrogen and oxygen atoms in total. The summed E-state index contributed by atoms with van der Waals surface area (Å²) in [6.07, 6.45) is 0. The van der Waals surface area contributed by atoms with Crippen molar-refractivity contribution in [2.24, 2.45) is 5.92 Å². The van der Waals surface area contributed by atoms with Gasteiger partial charge in [0, 0.05) is 16.8 Å². The molecule has 0 bridgehead atoms. The maximum atomic E-state index is 12.7. The number of benzene rings is 2. The van der Waals surface area contributed by atoms with Crippen molar-refractivity contribution in [1.29, 1.82) is 0 Å². The Morgan fingerprint density at radius 3 is 2.41 bits per heavy atom. The summed E-state index contributed by atoms with van der Waals surface area (Å²) in [6.45, 7) is 4.06. The largest absolute Gasteiger partial charge is 0.497 e. The van der Waals surface area contributed by atoms with E-state index in [1.54, 1.807) is 13.2 Å². The highest BCUT2D eigenvalue weighted by Crippen LogP contribution is 2.28. The van der Waals surface area contributed by atoms with E-state index in [4.69, 9.17) is 16.3 Å². The third-order valence-electron chi connectivity index (χ3n) is 3.52. The number of ether oxygens (including phenoxy) is 1. The Hall–Kier alpha value is -2.00. The number of amides is 1. The van der Waals surface area contributed by atoms with Gasteiger partial charge in [0.1, 0.15) is 5.75 Å². The lowest BCUT2D eigenvalue weighted by Gasteiger charge is -2.21. The first-order valence-electron chi connectivity index (χ1n) is 7.21. The molecule has 0 saturated heterocycles. The van der Waals surface area contributed by atoms with Gasteiger partial charge in [0.15, 0.2) is 0 Å². The van der Waals surface area contributed by atoms with Gasteiger partial charge in [0.2, 0.25) is 5.91 Å². The molecule has 0 aliphatic rings. The average molecular weight is 318 g/mol. The second-order valence-electron chi connectivity index (χ2n) is 5.49. The molecule has 0 unspecified atom stereocenters. The van der Waals surface area contributed by atoms with Gasteiger partial charge in [-0.1, -0.05) is 43.6 Å². The van der Waals surface area contributed by atoms with Gasteiger partial charge in [-0.15, -0.1) is 0 Å². The predicted octanol–water partition coefficient (Wildman–Crippen LogP) is 4.73. The minimum atomic E-state index is -0.233. The van der Waals surface area contributed by atoms with Crippen molar-refractivity contribution in [3.63, 3.8) is 0 Å². The molecule has 2 rings (SSSR count). The molecule has 0 heterocycles. The molecule has 1 amide bonds. The highest BCUT2D eigenvalue weighted by Gasteiger charge is 2.24. The van der Waals surface area contributed by atoms with Crippen molar-refractivity contribution in [3.05, 3.63) is 59.1 Å². The van der Waals surface area contributed by atoms with E-state index in [0.717, 1.165) is 11.3 Å². The Labute approximate surface area is 136 Å². The molecule has 22 heavy (non-hydrogen) atoms. The van der Waals surface area contributed by atoms with Gasteiger partial charge >= 0.3 is 0 Å². The van der Waals surface area contributed by atoms with E-state index in [9.17, 15) is 4.79 Å². The number of hydrogen-bond donors (Lipinski definition) is 1. The highest BCUT2D eigenvalue weighted by atomic mass is 35.5. The molecular weight excluding hydrogens is 298 g/mol. The van der Waals surface area contributed by atoms with Crippen molar-refractivity contribution in [2.75, 3.05) is 12.4 Å². The van der Waals surface area contributed by atoms with E-state index in [-0.39, 0.29) is 17.7 Å². The standard InChI is InChI=1S/C18H20ClNO2/c1-12(2)17(13-7-9-14(19)10-8-13)18(21)20-15-5-4-6-16(11-15)22-3/h4-12,17H,1-3H3,(H,20,21)/t17-/m1/s1. The Morgan fingerprint density at radius 1 is 1.14 bits per heavy atom. The van der Waals surface area contributed by atoms with Crippen molar-refractivity contribution < 1.29 is 9.53 Å². The SMILES string of the molecule is COc1cccc(NC(=O)[C@@H](c2ccc(Cl)cc2)C(C)C)c1. The molecular formula is C18H20ClNO2. The van der Waals surface area contributed by atoms with Crippen LogP contribution in [-0.4, -0.2) is 13.0 Å². The van der Waals surface area contributed by atoms with E-state index in [1.165, 1.54) is 0 Å². The lowest BCUT2D eigenvalue weighted by atomic mass is 9.87. The Morgan fingerprint density at radius 2 is 1.82 bits per heavy atom. The fourth-order valence-electron chi connectivity index (χ4n) is 2.43. The zero-order valence-electron chi connectivity index (χ0n) is 13.0. The molecule has 0 aromatic heterocycles.